The van der Waals surface area contributed by atoms with Crippen LogP contribution in [0, 0.1) is 0 Å². The smallest absolute Gasteiger partial charge is 0.411 e. The van der Waals surface area contributed by atoms with Crippen LogP contribution >= 0.6 is 0 Å². The summed E-state index contributed by atoms with van der Waals surface area (Å²) >= 11 is 0. The zero-order chi connectivity index (χ0) is 15.5. The van der Waals surface area contributed by atoms with Crippen molar-refractivity contribution in [1.29, 1.82) is 0 Å². The third-order valence-electron chi connectivity index (χ3n) is 2.63. The number of rotatable bonds is 9. The summed E-state index contributed by atoms with van der Waals surface area (Å²) in [5, 5.41) is 2.67. The van der Waals surface area contributed by atoms with E-state index in [0.717, 1.165) is 11.3 Å². The lowest BCUT2D eigenvalue weighted by Gasteiger charge is -2.12. The van der Waals surface area contributed by atoms with E-state index in [1.54, 1.807) is 26.4 Å². The third kappa shape index (κ3) is 6.46. The fourth-order valence-electron chi connectivity index (χ4n) is 1.74. The molecule has 0 aromatic heterocycles. The molecule has 21 heavy (non-hydrogen) atoms. The Kier molecular flexibility index (Phi) is 8.23. The van der Waals surface area contributed by atoms with Crippen LogP contribution in [0.2, 0.25) is 0 Å². The normalized spacial score (nSPS) is 10.2. The Hall–Kier alpha value is -1.79. The van der Waals surface area contributed by atoms with Crippen molar-refractivity contribution in [1.82, 2.24) is 0 Å². The van der Waals surface area contributed by atoms with Gasteiger partial charge in [-0.3, -0.25) is 5.32 Å². The van der Waals surface area contributed by atoms with Gasteiger partial charge in [0.1, 0.15) is 5.75 Å². The van der Waals surface area contributed by atoms with Gasteiger partial charge >= 0.3 is 6.09 Å². The Morgan fingerprint density at radius 3 is 2.67 bits per heavy atom. The van der Waals surface area contributed by atoms with Crippen molar-refractivity contribution in [3.63, 3.8) is 0 Å². The lowest BCUT2D eigenvalue weighted by atomic mass is 10.2. The molecule has 0 bridgehead atoms. The number of anilines is 1. The van der Waals surface area contributed by atoms with Crippen molar-refractivity contribution in [3.8, 4) is 5.75 Å². The second kappa shape index (κ2) is 10.0. The molecule has 0 heterocycles. The van der Waals surface area contributed by atoms with Gasteiger partial charge in [-0.05, 0) is 25.1 Å². The summed E-state index contributed by atoms with van der Waals surface area (Å²) in [6.07, 6.45) is 0.181. The lowest BCUT2D eigenvalue weighted by Crippen LogP contribution is -2.15. The molecule has 0 aliphatic rings. The summed E-state index contributed by atoms with van der Waals surface area (Å²) in [6, 6.07) is 5.38. The van der Waals surface area contributed by atoms with E-state index in [0.29, 0.717) is 38.5 Å². The highest BCUT2D eigenvalue weighted by atomic mass is 16.5. The maximum Gasteiger partial charge on any atom is 0.411 e. The first-order chi connectivity index (χ1) is 10.2. The molecule has 0 spiro atoms. The van der Waals surface area contributed by atoms with Crippen molar-refractivity contribution < 1.29 is 23.7 Å². The average molecular weight is 297 g/mol. The largest absolute Gasteiger partial charge is 0.494 e. The molecule has 0 saturated heterocycles. The molecule has 0 aliphatic carbocycles. The fourth-order valence-corrected chi connectivity index (χ4v) is 1.74. The third-order valence-corrected chi connectivity index (χ3v) is 2.63. The molecule has 0 saturated carbocycles. The van der Waals surface area contributed by atoms with Gasteiger partial charge in [0.15, 0.2) is 0 Å². The fraction of sp³-hybridized carbons (Fsp3) is 0.533. The zero-order valence-electron chi connectivity index (χ0n) is 12.8. The maximum atomic E-state index is 11.6. The molecule has 0 radical (unpaired) electrons. The van der Waals surface area contributed by atoms with Crippen LogP contribution in [-0.4, -0.2) is 40.1 Å². The predicted molar refractivity (Wildman–Crippen MR) is 79.8 cm³/mol. The number of hydrogen-bond donors (Lipinski definition) is 1. The number of carbonyl (C=O) groups excluding carboxylic acids is 1. The van der Waals surface area contributed by atoms with Gasteiger partial charge in [-0.1, -0.05) is 0 Å². The summed E-state index contributed by atoms with van der Waals surface area (Å²) < 4.78 is 20.5. The molecule has 6 heteroatoms. The second-order valence-electron chi connectivity index (χ2n) is 4.30. The zero-order valence-corrected chi connectivity index (χ0v) is 12.8. The Bertz CT molecular complexity index is 436. The molecule has 0 aliphatic heterocycles. The van der Waals surface area contributed by atoms with Gasteiger partial charge in [-0.25, -0.2) is 4.79 Å². The molecule has 118 valence electrons. The van der Waals surface area contributed by atoms with E-state index in [1.807, 2.05) is 13.0 Å². The molecule has 1 rings (SSSR count). The van der Waals surface area contributed by atoms with E-state index in [-0.39, 0.29) is 0 Å². The summed E-state index contributed by atoms with van der Waals surface area (Å²) in [6.45, 7) is 3.79. The highest BCUT2D eigenvalue weighted by molar-refractivity contribution is 5.84. The number of ether oxygens (including phenoxy) is 4. The van der Waals surface area contributed by atoms with Crippen LogP contribution in [0.15, 0.2) is 18.2 Å². The Labute approximate surface area is 125 Å². The Morgan fingerprint density at radius 1 is 1.19 bits per heavy atom. The van der Waals surface area contributed by atoms with Crippen molar-refractivity contribution in [3.05, 3.63) is 23.8 Å². The number of nitrogens with one attached hydrogen (secondary N) is 1. The van der Waals surface area contributed by atoms with Crippen LogP contribution in [0.5, 0.6) is 5.75 Å². The average Bonchev–Trinajstić information content (AvgIpc) is 2.47. The summed E-state index contributed by atoms with van der Waals surface area (Å²) in [5.74, 6) is 0.748. The van der Waals surface area contributed by atoms with Gasteiger partial charge in [-0.2, -0.15) is 0 Å². The van der Waals surface area contributed by atoms with Crippen LogP contribution in [-0.2, 0) is 20.8 Å². The summed E-state index contributed by atoms with van der Waals surface area (Å²) in [7, 11) is 3.22. The number of amides is 1. The SMILES string of the molecule is CCOc1ccc(NC(=O)OCCCOC)cc1COC. The van der Waals surface area contributed by atoms with Crippen LogP contribution in [0.3, 0.4) is 0 Å². The van der Waals surface area contributed by atoms with Crippen LogP contribution in [0.25, 0.3) is 0 Å². The molecule has 1 aromatic carbocycles. The minimum absolute atomic E-state index is 0.321. The Morgan fingerprint density at radius 2 is 2.00 bits per heavy atom. The van der Waals surface area contributed by atoms with Crippen molar-refractivity contribution >= 4 is 11.8 Å². The predicted octanol–water partition coefficient (Wildman–Crippen LogP) is 2.82. The van der Waals surface area contributed by atoms with Gasteiger partial charge in [0.2, 0.25) is 0 Å². The van der Waals surface area contributed by atoms with E-state index < -0.39 is 6.09 Å². The van der Waals surface area contributed by atoms with E-state index in [9.17, 15) is 4.79 Å². The van der Waals surface area contributed by atoms with Crippen molar-refractivity contribution in [2.75, 3.05) is 39.4 Å². The van der Waals surface area contributed by atoms with Crippen molar-refractivity contribution in [2.45, 2.75) is 20.0 Å². The van der Waals surface area contributed by atoms with Crippen molar-refractivity contribution in [2.24, 2.45) is 0 Å². The standard InChI is InChI=1S/C15H23NO5/c1-4-20-14-7-6-13(10-12(14)11-19-3)16-15(17)21-9-5-8-18-2/h6-7,10H,4-5,8-9,11H2,1-3H3,(H,16,17). The molecule has 0 atom stereocenters. The van der Waals surface area contributed by atoms with Gasteiger partial charge < -0.3 is 18.9 Å². The Balaban J connectivity index is 2.58. The van der Waals surface area contributed by atoms with E-state index in [4.69, 9.17) is 18.9 Å². The minimum Gasteiger partial charge on any atom is -0.494 e. The molecular formula is C15H23NO5. The van der Waals surface area contributed by atoms with Gasteiger partial charge in [0.05, 0.1) is 19.8 Å². The number of methoxy groups -OCH3 is 2. The van der Waals surface area contributed by atoms with Gasteiger partial charge in [-0.15, -0.1) is 0 Å². The summed E-state index contributed by atoms with van der Waals surface area (Å²) in [4.78, 5) is 11.6. The highest BCUT2D eigenvalue weighted by Crippen LogP contribution is 2.23. The van der Waals surface area contributed by atoms with Gasteiger partial charge in [0, 0.05) is 38.5 Å². The highest BCUT2D eigenvalue weighted by Gasteiger charge is 2.08. The van der Waals surface area contributed by atoms with E-state index in [1.165, 1.54) is 0 Å². The topological polar surface area (TPSA) is 66.0 Å². The number of carbonyl (C=O) groups is 1. The minimum atomic E-state index is -0.487. The quantitative estimate of drug-likeness (QED) is 0.710. The van der Waals surface area contributed by atoms with Gasteiger partial charge in [0.25, 0.3) is 0 Å². The first-order valence-corrected chi connectivity index (χ1v) is 6.88. The van der Waals surface area contributed by atoms with Crippen LogP contribution in [0.4, 0.5) is 10.5 Å². The molecule has 1 N–H and O–H groups in total. The summed E-state index contributed by atoms with van der Waals surface area (Å²) in [5.41, 5.74) is 1.51. The van der Waals surface area contributed by atoms with Crippen LogP contribution in [0.1, 0.15) is 18.9 Å². The molecular weight excluding hydrogens is 274 g/mol. The first kappa shape index (κ1) is 17.3. The molecule has 6 nitrogen and oxygen atoms in total. The maximum absolute atomic E-state index is 11.6. The number of hydrogen-bond acceptors (Lipinski definition) is 5. The molecule has 0 fully saturated rings. The number of benzene rings is 1. The van der Waals surface area contributed by atoms with E-state index >= 15 is 0 Å². The lowest BCUT2D eigenvalue weighted by molar-refractivity contribution is 0.134. The first-order valence-electron chi connectivity index (χ1n) is 6.88. The molecule has 1 amide bonds. The second-order valence-corrected chi connectivity index (χ2v) is 4.30. The van der Waals surface area contributed by atoms with E-state index in [2.05, 4.69) is 5.32 Å². The monoisotopic (exact) mass is 297 g/mol. The molecule has 0 unspecified atom stereocenters. The van der Waals surface area contributed by atoms with Crippen LogP contribution < -0.4 is 10.1 Å². The molecule has 1 aromatic rings.